The number of likely N-dealkylation sites (N-methyl/N-ethyl adjacent to an activating group) is 1. The summed E-state index contributed by atoms with van der Waals surface area (Å²) in [6, 6.07) is 9.32. The Labute approximate surface area is 172 Å². The highest BCUT2D eigenvalue weighted by atomic mass is 16.5. The minimum Gasteiger partial charge on any atom is -0.465 e. The van der Waals surface area contributed by atoms with Crippen LogP contribution in [0.3, 0.4) is 0 Å². The smallest absolute Gasteiger partial charge is 0.337 e. The molecule has 3 amide bonds. The number of carbonyl (C=O) groups excluding carboxylic acids is 4. The van der Waals surface area contributed by atoms with Gasteiger partial charge in [0, 0.05) is 12.6 Å². The third-order valence-electron chi connectivity index (χ3n) is 5.37. The average molecular weight is 408 g/mol. The van der Waals surface area contributed by atoms with Crippen molar-refractivity contribution in [2.75, 3.05) is 41.1 Å². The molecule has 2 aliphatic rings. The van der Waals surface area contributed by atoms with Crippen LogP contribution in [0.1, 0.15) is 27.6 Å². The van der Waals surface area contributed by atoms with Gasteiger partial charge in [0.25, 0.3) is 5.91 Å². The largest absolute Gasteiger partial charge is 0.465 e. The normalized spacial score (nSPS) is 17.5. The molecule has 2 N–H and O–H groups in total. The molecule has 0 saturated heterocycles. The van der Waals surface area contributed by atoms with E-state index in [1.807, 2.05) is 11.9 Å². The number of amides is 3. The summed E-state index contributed by atoms with van der Waals surface area (Å²) in [5.74, 6) is -1.47. The van der Waals surface area contributed by atoms with Gasteiger partial charge in [-0.25, -0.2) is 4.79 Å². The first-order valence-corrected chi connectivity index (χ1v) is 9.32. The summed E-state index contributed by atoms with van der Waals surface area (Å²) in [6.45, 7) is 1.63. The van der Waals surface area contributed by atoms with Crippen molar-refractivity contribution in [1.29, 1.82) is 0 Å². The molecule has 0 spiro atoms. The van der Waals surface area contributed by atoms with Gasteiger partial charge in [0.15, 0.2) is 0 Å². The molecule has 1 unspecified atom stereocenters. The Morgan fingerprint density at radius 3 is 2.37 bits per heavy atom. The van der Waals surface area contributed by atoms with Crippen LogP contribution in [-0.2, 0) is 14.3 Å². The van der Waals surface area contributed by atoms with E-state index in [4.69, 9.17) is 4.74 Å². The van der Waals surface area contributed by atoms with Gasteiger partial charge in [0.1, 0.15) is 12.6 Å². The minimum absolute atomic E-state index is 0.160. The van der Waals surface area contributed by atoms with Crippen LogP contribution in [-0.4, -0.2) is 50.4 Å². The maximum Gasteiger partial charge on any atom is 0.337 e. The lowest BCUT2D eigenvalue weighted by molar-refractivity contribution is -0.117. The van der Waals surface area contributed by atoms with Crippen LogP contribution in [0, 0.1) is 0 Å². The molecule has 154 valence electrons. The van der Waals surface area contributed by atoms with Gasteiger partial charge in [-0.15, -0.1) is 0 Å². The van der Waals surface area contributed by atoms with E-state index in [1.54, 1.807) is 31.2 Å². The third kappa shape index (κ3) is 3.14. The number of hydrogen-bond donors (Lipinski definition) is 2. The van der Waals surface area contributed by atoms with E-state index in [1.165, 1.54) is 24.1 Å². The van der Waals surface area contributed by atoms with E-state index >= 15 is 0 Å². The zero-order valence-corrected chi connectivity index (χ0v) is 16.7. The molecule has 0 aliphatic carbocycles. The molecule has 0 aromatic heterocycles. The highest BCUT2D eigenvalue weighted by Gasteiger charge is 2.31. The number of nitrogens with one attached hydrogen (secondary N) is 2. The second-order valence-electron chi connectivity index (χ2n) is 7.17. The number of fused-ring (bicyclic) bond motifs is 2. The second-order valence-corrected chi connectivity index (χ2v) is 7.17. The zero-order valence-electron chi connectivity index (χ0n) is 16.7. The molecule has 2 aromatic rings. The number of methoxy groups -OCH3 is 1. The summed E-state index contributed by atoms with van der Waals surface area (Å²) in [5.41, 5.74) is 2.75. The quantitative estimate of drug-likeness (QED) is 0.735. The van der Waals surface area contributed by atoms with Gasteiger partial charge in [0.05, 0.1) is 35.4 Å². The van der Waals surface area contributed by atoms with Crippen LogP contribution in [0.25, 0.3) is 0 Å². The van der Waals surface area contributed by atoms with E-state index in [2.05, 4.69) is 10.6 Å². The van der Waals surface area contributed by atoms with E-state index in [0.29, 0.717) is 22.6 Å². The van der Waals surface area contributed by atoms with Gasteiger partial charge in [-0.3, -0.25) is 19.3 Å². The Bertz CT molecular complexity index is 1100. The van der Waals surface area contributed by atoms with Crippen LogP contribution >= 0.6 is 0 Å². The van der Waals surface area contributed by atoms with Crippen LogP contribution < -0.4 is 20.4 Å². The van der Waals surface area contributed by atoms with Crippen molar-refractivity contribution in [3.05, 3.63) is 47.5 Å². The lowest BCUT2D eigenvalue weighted by Crippen LogP contribution is -2.44. The first-order chi connectivity index (χ1) is 14.3. The maximum absolute atomic E-state index is 13.2. The summed E-state index contributed by atoms with van der Waals surface area (Å²) < 4.78 is 4.70. The Hall–Kier alpha value is -3.88. The molecule has 0 saturated carbocycles. The Kier molecular flexibility index (Phi) is 4.65. The highest BCUT2D eigenvalue weighted by Crippen LogP contribution is 2.35. The molecule has 2 aromatic carbocycles. The van der Waals surface area contributed by atoms with Crippen molar-refractivity contribution in [2.45, 2.75) is 13.0 Å². The molecule has 4 rings (SSSR count). The van der Waals surface area contributed by atoms with Crippen molar-refractivity contribution >= 4 is 46.4 Å². The average Bonchev–Trinajstić information content (AvgIpc) is 2.75. The van der Waals surface area contributed by atoms with E-state index in [0.717, 1.165) is 5.69 Å². The molecule has 0 bridgehead atoms. The molecule has 0 fully saturated rings. The lowest BCUT2D eigenvalue weighted by atomic mass is 10.0. The van der Waals surface area contributed by atoms with Crippen LogP contribution in [0.15, 0.2) is 36.4 Å². The molecule has 9 nitrogen and oxygen atoms in total. The number of benzene rings is 2. The third-order valence-corrected chi connectivity index (χ3v) is 5.37. The molecule has 30 heavy (non-hydrogen) atoms. The van der Waals surface area contributed by atoms with Gasteiger partial charge in [-0.2, -0.15) is 0 Å². The molecule has 2 heterocycles. The summed E-state index contributed by atoms with van der Waals surface area (Å²) >= 11 is 0. The van der Waals surface area contributed by atoms with Gasteiger partial charge in [-0.1, -0.05) is 0 Å². The van der Waals surface area contributed by atoms with Gasteiger partial charge in [-0.05, 0) is 43.3 Å². The van der Waals surface area contributed by atoms with E-state index in [-0.39, 0.29) is 30.0 Å². The molecule has 2 aliphatic heterocycles. The van der Waals surface area contributed by atoms with Gasteiger partial charge >= 0.3 is 5.97 Å². The molecule has 0 radical (unpaired) electrons. The van der Waals surface area contributed by atoms with Gasteiger partial charge in [0.2, 0.25) is 11.8 Å². The van der Waals surface area contributed by atoms with E-state index < -0.39 is 11.9 Å². The number of nitrogens with zero attached hydrogens (tertiary/aromatic N) is 2. The second kappa shape index (κ2) is 7.18. The van der Waals surface area contributed by atoms with Crippen LogP contribution in [0.5, 0.6) is 0 Å². The predicted octanol–water partition coefficient (Wildman–Crippen LogP) is 1.85. The predicted molar refractivity (Wildman–Crippen MR) is 111 cm³/mol. The molecular weight excluding hydrogens is 388 g/mol. The number of anilines is 4. The fourth-order valence-corrected chi connectivity index (χ4v) is 3.57. The SMILES string of the molecule is COC(=O)c1ccc2c(c1)NC(=O)CN2C(=O)c1ccc2c(c1)NC(=O)C(C)N2C. The standard InChI is InChI=1S/C21H20N4O5/c1-11-19(27)23-14-8-12(4-6-16(14)24(11)2)20(28)25-10-18(26)22-15-9-13(21(29)30-3)5-7-17(15)25/h4-9,11H,10H2,1-3H3,(H,22,26)(H,23,27). The fourth-order valence-electron chi connectivity index (χ4n) is 3.57. The molecule has 1 atom stereocenters. The number of hydrogen-bond acceptors (Lipinski definition) is 6. The Morgan fingerprint density at radius 1 is 1.00 bits per heavy atom. The topological polar surface area (TPSA) is 108 Å². The van der Waals surface area contributed by atoms with Crippen LogP contribution in [0.4, 0.5) is 22.7 Å². The monoisotopic (exact) mass is 408 g/mol. The number of esters is 1. The number of carbonyl (C=O) groups is 4. The van der Waals surface area contributed by atoms with Crippen LogP contribution in [0.2, 0.25) is 0 Å². The fraction of sp³-hybridized carbons (Fsp3) is 0.238. The van der Waals surface area contributed by atoms with Crippen molar-refractivity contribution in [3.8, 4) is 0 Å². The van der Waals surface area contributed by atoms with Gasteiger partial charge < -0.3 is 20.3 Å². The van der Waals surface area contributed by atoms with Crippen molar-refractivity contribution < 1.29 is 23.9 Å². The molecular formula is C21H20N4O5. The van der Waals surface area contributed by atoms with Crippen molar-refractivity contribution in [3.63, 3.8) is 0 Å². The number of ether oxygens (including phenoxy) is 1. The first kappa shape index (κ1) is 19.4. The Morgan fingerprint density at radius 2 is 1.63 bits per heavy atom. The summed E-state index contributed by atoms with van der Waals surface area (Å²) in [4.78, 5) is 52.5. The zero-order chi connectivity index (χ0) is 21.6. The number of rotatable bonds is 2. The summed E-state index contributed by atoms with van der Waals surface area (Å²) in [7, 11) is 3.08. The van der Waals surface area contributed by atoms with E-state index in [9.17, 15) is 19.2 Å². The molecule has 9 heteroatoms. The summed E-state index contributed by atoms with van der Waals surface area (Å²) in [6.07, 6.45) is 0. The highest BCUT2D eigenvalue weighted by molar-refractivity contribution is 6.16. The van der Waals surface area contributed by atoms with Crippen molar-refractivity contribution in [2.24, 2.45) is 0 Å². The lowest BCUT2D eigenvalue weighted by Gasteiger charge is -2.34. The maximum atomic E-state index is 13.2. The van der Waals surface area contributed by atoms with Crippen molar-refractivity contribution in [1.82, 2.24) is 0 Å². The summed E-state index contributed by atoms with van der Waals surface area (Å²) in [5, 5.41) is 5.49. The first-order valence-electron chi connectivity index (χ1n) is 9.32. The Balaban J connectivity index is 1.70. The minimum atomic E-state index is -0.542.